The van der Waals surface area contributed by atoms with E-state index in [1.165, 1.54) is 6.08 Å². The van der Waals surface area contributed by atoms with E-state index in [4.69, 9.17) is 23.2 Å². The number of halogens is 2. The van der Waals surface area contributed by atoms with E-state index in [1.807, 2.05) is 13.0 Å². The number of aromatic nitrogens is 1. The second-order valence-electron chi connectivity index (χ2n) is 7.02. The standard InChI is InChI=1S/C20H21Cl2N3O2/c1-12-7-5-10-17(23-12)25-18(26)16(24-19(27)20(2,3)4)11-13-14(21)8-6-9-15(13)22/h5-11H,1-4H3,(H,24,27)(H,23,25,26)/b16-11+. The van der Waals surface area contributed by atoms with Gasteiger partial charge in [-0.05, 0) is 37.3 Å². The van der Waals surface area contributed by atoms with Gasteiger partial charge in [0.25, 0.3) is 5.91 Å². The number of rotatable bonds is 4. The fourth-order valence-corrected chi connectivity index (χ4v) is 2.56. The summed E-state index contributed by atoms with van der Waals surface area (Å²) in [5.41, 5.74) is 0.530. The number of amides is 2. The smallest absolute Gasteiger partial charge is 0.273 e. The quantitative estimate of drug-likeness (QED) is 0.714. The first-order valence-corrected chi connectivity index (χ1v) is 9.05. The summed E-state index contributed by atoms with van der Waals surface area (Å²) in [6, 6.07) is 10.3. The molecule has 0 saturated carbocycles. The molecule has 1 aromatic carbocycles. The lowest BCUT2D eigenvalue weighted by Crippen LogP contribution is -2.38. The van der Waals surface area contributed by atoms with Gasteiger partial charge in [0.15, 0.2) is 0 Å². The largest absolute Gasteiger partial charge is 0.321 e. The van der Waals surface area contributed by atoms with Crippen molar-refractivity contribution in [1.82, 2.24) is 10.3 Å². The van der Waals surface area contributed by atoms with Crippen molar-refractivity contribution in [1.29, 1.82) is 0 Å². The first-order valence-electron chi connectivity index (χ1n) is 8.30. The summed E-state index contributed by atoms with van der Waals surface area (Å²) < 4.78 is 0. The first-order chi connectivity index (χ1) is 12.6. The summed E-state index contributed by atoms with van der Waals surface area (Å²) in [6.45, 7) is 7.07. The Morgan fingerprint density at radius 3 is 2.19 bits per heavy atom. The van der Waals surface area contributed by atoms with Crippen molar-refractivity contribution in [3.63, 3.8) is 0 Å². The Kier molecular flexibility index (Phi) is 6.63. The molecule has 2 amide bonds. The van der Waals surface area contributed by atoms with Crippen molar-refractivity contribution < 1.29 is 9.59 Å². The summed E-state index contributed by atoms with van der Waals surface area (Å²) >= 11 is 12.4. The minimum atomic E-state index is -0.689. The zero-order valence-electron chi connectivity index (χ0n) is 15.6. The average molecular weight is 406 g/mol. The summed E-state index contributed by atoms with van der Waals surface area (Å²) in [4.78, 5) is 29.5. The van der Waals surface area contributed by atoms with Crippen LogP contribution in [0.25, 0.3) is 6.08 Å². The molecule has 0 atom stereocenters. The molecule has 5 nitrogen and oxygen atoms in total. The van der Waals surface area contributed by atoms with E-state index in [-0.39, 0.29) is 11.6 Å². The third-order valence-corrected chi connectivity index (χ3v) is 4.25. The molecule has 1 heterocycles. The highest BCUT2D eigenvalue weighted by molar-refractivity contribution is 6.37. The number of hydrogen-bond donors (Lipinski definition) is 2. The van der Waals surface area contributed by atoms with Crippen molar-refractivity contribution in [2.45, 2.75) is 27.7 Å². The van der Waals surface area contributed by atoms with Gasteiger partial charge in [-0.15, -0.1) is 0 Å². The number of carbonyl (C=O) groups is 2. The van der Waals surface area contributed by atoms with Crippen molar-refractivity contribution in [3.8, 4) is 0 Å². The number of nitrogens with zero attached hydrogens (tertiary/aromatic N) is 1. The molecule has 0 radical (unpaired) electrons. The lowest BCUT2D eigenvalue weighted by atomic mass is 9.95. The van der Waals surface area contributed by atoms with Crippen molar-refractivity contribution in [3.05, 3.63) is 63.4 Å². The molecule has 0 aliphatic carbocycles. The van der Waals surface area contributed by atoms with Crippen LogP contribution in [-0.2, 0) is 9.59 Å². The van der Waals surface area contributed by atoms with Gasteiger partial charge in [0.05, 0.1) is 0 Å². The van der Waals surface area contributed by atoms with Gasteiger partial charge in [-0.2, -0.15) is 0 Å². The Morgan fingerprint density at radius 2 is 1.63 bits per heavy atom. The normalized spacial score (nSPS) is 11.9. The van der Waals surface area contributed by atoms with Gasteiger partial charge < -0.3 is 10.6 Å². The van der Waals surface area contributed by atoms with Crippen LogP contribution >= 0.6 is 23.2 Å². The van der Waals surface area contributed by atoms with E-state index in [9.17, 15) is 9.59 Å². The SMILES string of the molecule is Cc1cccc(NC(=O)/C(=C\c2c(Cl)cccc2Cl)NC(=O)C(C)(C)C)n1. The molecule has 7 heteroatoms. The lowest BCUT2D eigenvalue weighted by Gasteiger charge is -2.19. The van der Waals surface area contributed by atoms with Gasteiger partial charge >= 0.3 is 0 Å². The van der Waals surface area contributed by atoms with Crippen LogP contribution in [0.5, 0.6) is 0 Å². The Labute approximate surface area is 168 Å². The Bertz CT molecular complexity index is 882. The maximum Gasteiger partial charge on any atom is 0.273 e. The summed E-state index contributed by atoms with van der Waals surface area (Å²) in [6.07, 6.45) is 1.46. The fraction of sp³-hybridized carbons (Fsp3) is 0.250. The molecule has 27 heavy (non-hydrogen) atoms. The highest BCUT2D eigenvalue weighted by Crippen LogP contribution is 2.27. The van der Waals surface area contributed by atoms with Crippen LogP contribution in [0.3, 0.4) is 0 Å². The molecule has 2 aromatic rings. The zero-order valence-corrected chi connectivity index (χ0v) is 17.1. The lowest BCUT2D eigenvalue weighted by molar-refractivity contribution is -0.128. The van der Waals surface area contributed by atoms with Crippen LogP contribution in [0.2, 0.25) is 10.0 Å². The highest BCUT2D eigenvalue weighted by Gasteiger charge is 2.24. The second kappa shape index (κ2) is 8.55. The van der Waals surface area contributed by atoms with E-state index in [2.05, 4.69) is 15.6 Å². The topological polar surface area (TPSA) is 71.1 Å². The van der Waals surface area contributed by atoms with Gasteiger partial charge in [0.2, 0.25) is 5.91 Å². The first kappa shape index (κ1) is 20.9. The third-order valence-electron chi connectivity index (χ3n) is 3.59. The molecule has 0 aliphatic heterocycles. The highest BCUT2D eigenvalue weighted by atomic mass is 35.5. The molecule has 2 N–H and O–H groups in total. The number of nitrogens with one attached hydrogen (secondary N) is 2. The second-order valence-corrected chi connectivity index (χ2v) is 7.83. The zero-order chi connectivity index (χ0) is 20.2. The summed E-state index contributed by atoms with van der Waals surface area (Å²) in [5, 5.41) is 6.07. The number of anilines is 1. The maximum atomic E-state index is 12.8. The molecule has 0 unspecified atom stereocenters. The molecule has 142 valence electrons. The maximum absolute atomic E-state index is 12.8. The Hall–Kier alpha value is -2.37. The van der Waals surface area contributed by atoms with Crippen LogP contribution < -0.4 is 10.6 Å². The predicted molar refractivity (Wildman–Crippen MR) is 110 cm³/mol. The molecule has 0 spiro atoms. The molecule has 0 bridgehead atoms. The van der Waals surface area contributed by atoms with Crippen LogP contribution in [0.1, 0.15) is 32.0 Å². The van der Waals surface area contributed by atoms with Gasteiger partial charge in [-0.1, -0.05) is 56.1 Å². The number of pyridine rings is 1. The molecule has 0 fully saturated rings. The number of carbonyl (C=O) groups excluding carboxylic acids is 2. The van der Waals surface area contributed by atoms with Crippen molar-refractivity contribution in [2.24, 2.45) is 5.41 Å². The third kappa shape index (κ3) is 5.81. The molecular formula is C20H21Cl2N3O2. The number of benzene rings is 1. The van der Waals surface area contributed by atoms with Gasteiger partial charge in [-0.25, -0.2) is 4.98 Å². The predicted octanol–water partition coefficient (Wildman–Crippen LogP) is 4.84. The van der Waals surface area contributed by atoms with Gasteiger partial charge in [0.1, 0.15) is 11.5 Å². The van der Waals surface area contributed by atoms with Gasteiger partial charge in [-0.3, -0.25) is 9.59 Å². The average Bonchev–Trinajstić information content (AvgIpc) is 2.56. The van der Waals surface area contributed by atoms with Crippen LogP contribution in [-0.4, -0.2) is 16.8 Å². The summed E-state index contributed by atoms with van der Waals surface area (Å²) in [7, 11) is 0. The van der Waals surface area contributed by atoms with Crippen molar-refractivity contribution >= 4 is 46.9 Å². The minimum absolute atomic E-state index is 0.0215. The minimum Gasteiger partial charge on any atom is -0.321 e. The Balaban J connectivity index is 2.41. The molecular weight excluding hydrogens is 385 g/mol. The molecule has 2 rings (SSSR count). The van der Waals surface area contributed by atoms with E-state index in [0.29, 0.717) is 21.4 Å². The van der Waals surface area contributed by atoms with Gasteiger partial charge in [0, 0.05) is 26.7 Å². The monoisotopic (exact) mass is 405 g/mol. The van der Waals surface area contributed by atoms with E-state index in [1.54, 1.807) is 51.1 Å². The molecule has 1 aromatic heterocycles. The number of hydrogen-bond acceptors (Lipinski definition) is 3. The summed E-state index contributed by atoms with van der Waals surface area (Å²) in [5.74, 6) is -0.466. The van der Waals surface area contributed by atoms with Crippen LogP contribution in [0, 0.1) is 12.3 Å². The van der Waals surface area contributed by atoms with Crippen molar-refractivity contribution in [2.75, 3.05) is 5.32 Å². The van der Waals surface area contributed by atoms with E-state index >= 15 is 0 Å². The Morgan fingerprint density at radius 1 is 1.04 bits per heavy atom. The molecule has 0 saturated heterocycles. The fourth-order valence-electron chi connectivity index (χ4n) is 2.06. The van der Waals surface area contributed by atoms with E-state index in [0.717, 1.165) is 5.69 Å². The van der Waals surface area contributed by atoms with E-state index < -0.39 is 11.3 Å². The molecule has 0 aliphatic rings. The van der Waals surface area contributed by atoms with Crippen LogP contribution in [0.4, 0.5) is 5.82 Å². The van der Waals surface area contributed by atoms with Crippen LogP contribution in [0.15, 0.2) is 42.1 Å². The number of aryl methyl sites for hydroxylation is 1.